The van der Waals surface area contributed by atoms with Gasteiger partial charge in [0.1, 0.15) is 0 Å². The average Bonchev–Trinajstić information content (AvgIpc) is 3.27. The lowest BCUT2D eigenvalue weighted by Crippen LogP contribution is -2.16. The van der Waals surface area contributed by atoms with Crippen molar-refractivity contribution in [2.45, 2.75) is 41.0 Å². The molecule has 5 heterocycles. The third-order valence-electron chi connectivity index (χ3n) is 7.21. The third kappa shape index (κ3) is 25.7. The van der Waals surface area contributed by atoms with Gasteiger partial charge in [-0.1, -0.05) is 67.6 Å². The number of methoxy groups -OCH3 is 2. The lowest BCUT2D eigenvalue weighted by molar-refractivity contribution is 0.397. The van der Waals surface area contributed by atoms with E-state index < -0.39 is 0 Å². The molecule has 0 unspecified atom stereocenters. The van der Waals surface area contributed by atoms with E-state index in [9.17, 15) is 14.4 Å². The van der Waals surface area contributed by atoms with Gasteiger partial charge >= 0.3 is 0 Å². The Hall–Kier alpha value is -5.64. The zero-order valence-corrected chi connectivity index (χ0v) is 39.2. The average molecular weight is 992 g/mol. The van der Waals surface area contributed by atoms with Crippen LogP contribution in [0.15, 0.2) is 171 Å². The van der Waals surface area contributed by atoms with Gasteiger partial charge in [0, 0.05) is 75.0 Å². The van der Waals surface area contributed by atoms with Gasteiger partial charge < -0.3 is 24.8 Å². The topological polar surface area (TPSA) is 144 Å². The molecule has 5 aromatic heterocycles. The van der Waals surface area contributed by atoms with Gasteiger partial charge in [-0.25, -0.2) is 9.97 Å². The number of nitrogens with zero attached hydrogens (tertiary/aromatic N) is 3. The summed E-state index contributed by atoms with van der Waals surface area (Å²) in [5, 5.41) is 3.02. The summed E-state index contributed by atoms with van der Waals surface area (Å²) in [6.45, 7) is 11.1. The van der Waals surface area contributed by atoms with Crippen LogP contribution < -0.4 is 31.5 Å². The Balaban J connectivity index is 0.000000357. The maximum atomic E-state index is 11.5. The summed E-state index contributed by atoms with van der Waals surface area (Å²) >= 11 is 5.54. The molecule has 7 rings (SSSR count). The van der Waals surface area contributed by atoms with Gasteiger partial charge in [-0.05, 0) is 139 Å². The minimum Gasteiger partial charge on any atom is -0.481 e. The Bertz CT molecular complexity index is 2180. The van der Waals surface area contributed by atoms with Crippen LogP contribution in [0.1, 0.15) is 35.6 Å². The van der Waals surface area contributed by atoms with E-state index >= 15 is 0 Å². The fourth-order valence-electron chi connectivity index (χ4n) is 4.08. The lowest BCUT2D eigenvalue weighted by Gasteiger charge is -2.05. The molecule has 0 atom stereocenters. The van der Waals surface area contributed by atoms with Crippen LogP contribution in [-0.2, 0) is 0 Å². The van der Waals surface area contributed by atoms with Crippen LogP contribution in [0.3, 0.4) is 0 Å². The minimum atomic E-state index is -0.0457. The van der Waals surface area contributed by atoms with Gasteiger partial charge in [0.2, 0.25) is 22.9 Å². The van der Waals surface area contributed by atoms with E-state index in [0.29, 0.717) is 11.8 Å². The molecule has 11 nitrogen and oxygen atoms in total. The Kier molecular flexibility index (Phi) is 28.1. The van der Waals surface area contributed by atoms with Crippen LogP contribution in [0.5, 0.6) is 11.8 Å². The van der Waals surface area contributed by atoms with Gasteiger partial charge in [0.15, 0.2) is 0 Å². The number of para-hydroxylation sites is 1. The second-order valence-corrected chi connectivity index (χ2v) is 14.7. The normalized spacial score (nSPS) is 9.23. The first-order chi connectivity index (χ1) is 28.8. The van der Waals surface area contributed by atoms with E-state index in [-0.39, 0.29) is 16.7 Å². The molecule has 0 saturated carbocycles. The molecular weight excluding hydrogens is 935 g/mol. The molecule has 2 aromatic carbocycles. The maximum Gasteiger partial charge on any atom is 0.255 e. The van der Waals surface area contributed by atoms with E-state index in [1.54, 1.807) is 67.8 Å². The summed E-state index contributed by atoms with van der Waals surface area (Å²) < 4.78 is 13.6. The predicted molar refractivity (Wildman–Crippen MR) is 258 cm³/mol. The number of halogens is 2. The van der Waals surface area contributed by atoms with E-state index in [0.717, 1.165) is 39.0 Å². The smallest absolute Gasteiger partial charge is 0.255 e. The molecular formula is C47H56BrIN6O5. The first-order valence-corrected chi connectivity index (χ1v) is 20.7. The predicted octanol–water partition coefficient (Wildman–Crippen LogP) is 9.67. The molecule has 7 aromatic rings. The highest BCUT2D eigenvalue weighted by molar-refractivity contribution is 14.1. The number of aromatic amines is 2. The highest BCUT2D eigenvalue weighted by Gasteiger charge is 1.97. The van der Waals surface area contributed by atoms with Gasteiger partial charge in [0.25, 0.3) is 5.56 Å². The largest absolute Gasteiger partial charge is 0.481 e. The van der Waals surface area contributed by atoms with Crippen molar-refractivity contribution in [1.82, 2.24) is 29.8 Å². The highest BCUT2D eigenvalue weighted by atomic mass is 127. The Morgan fingerprint density at radius 1 is 0.633 bits per heavy atom. The van der Waals surface area contributed by atoms with Crippen LogP contribution in [0, 0.1) is 31.3 Å². The molecule has 13 heteroatoms. The van der Waals surface area contributed by atoms with Crippen molar-refractivity contribution in [3.63, 3.8) is 0 Å². The number of rotatable bonds is 5. The summed E-state index contributed by atoms with van der Waals surface area (Å²) in [4.78, 5) is 45.3. The minimum absolute atomic E-state index is 0.00167. The van der Waals surface area contributed by atoms with Crippen LogP contribution >= 0.6 is 38.5 Å². The Morgan fingerprint density at radius 2 is 1.12 bits per heavy atom. The molecule has 0 radical (unpaired) electrons. The van der Waals surface area contributed by atoms with E-state index in [2.05, 4.69) is 82.8 Å². The Labute approximate surface area is 375 Å². The molecule has 0 amide bonds. The molecule has 318 valence electrons. The second kappa shape index (κ2) is 32.2. The first-order valence-electron chi connectivity index (χ1n) is 18.8. The second-order valence-electron chi connectivity index (χ2n) is 12.5. The van der Waals surface area contributed by atoms with Crippen molar-refractivity contribution >= 4 is 38.5 Å². The van der Waals surface area contributed by atoms with Crippen molar-refractivity contribution < 1.29 is 9.47 Å². The number of hydrogen-bond acceptors (Lipinski definition) is 8. The molecule has 0 aliphatic heterocycles. The van der Waals surface area contributed by atoms with Crippen LogP contribution in [0.4, 0.5) is 0 Å². The molecule has 3 N–H and O–H groups in total. The molecule has 0 fully saturated rings. The summed E-state index contributed by atoms with van der Waals surface area (Å²) in [6.07, 6.45) is 9.91. The number of aryl methyl sites for hydroxylation is 4. The molecule has 0 aliphatic carbocycles. The molecule has 60 heavy (non-hydrogen) atoms. The number of ether oxygens (including phenoxy) is 2. The highest BCUT2D eigenvalue weighted by Crippen LogP contribution is 2.11. The molecule has 0 spiro atoms. The lowest BCUT2D eigenvalue weighted by atomic mass is 10.3. The van der Waals surface area contributed by atoms with E-state index in [1.807, 2.05) is 114 Å². The quantitative estimate of drug-likeness (QED) is 0.145. The first kappa shape index (κ1) is 52.4. The zero-order valence-electron chi connectivity index (χ0n) is 35.5. The number of hydrogen-bond donors (Lipinski definition) is 3. The van der Waals surface area contributed by atoms with E-state index in [4.69, 9.17) is 9.47 Å². The van der Waals surface area contributed by atoms with Gasteiger partial charge in [-0.15, -0.1) is 0 Å². The van der Waals surface area contributed by atoms with Crippen molar-refractivity contribution in [1.29, 1.82) is 0 Å². The van der Waals surface area contributed by atoms with Gasteiger partial charge in [-0.2, -0.15) is 0 Å². The monoisotopic (exact) mass is 990 g/mol. The van der Waals surface area contributed by atoms with Crippen molar-refractivity contribution in [3.05, 3.63) is 214 Å². The number of H-pyrrole nitrogens is 2. The maximum absolute atomic E-state index is 11.5. The van der Waals surface area contributed by atoms with Crippen LogP contribution in [0.2, 0.25) is 0 Å². The Morgan fingerprint density at radius 3 is 1.47 bits per heavy atom. The fraction of sp³-hybridized carbons (Fsp3) is 0.213. The van der Waals surface area contributed by atoms with Crippen molar-refractivity contribution in [2.75, 3.05) is 27.8 Å². The fourth-order valence-corrected chi connectivity index (χ4v) is 4.73. The summed E-state index contributed by atoms with van der Waals surface area (Å²) in [7, 11) is 5.16. The van der Waals surface area contributed by atoms with Crippen molar-refractivity contribution in [3.8, 4) is 17.4 Å². The van der Waals surface area contributed by atoms with Crippen LogP contribution in [-0.4, -0.2) is 52.3 Å². The molecule has 0 bridgehead atoms. The summed E-state index contributed by atoms with van der Waals surface area (Å²) in [5.74, 6) is 1.30. The van der Waals surface area contributed by atoms with Gasteiger partial charge in [-0.3, -0.25) is 19.0 Å². The molecule has 0 saturated heterocycles. The summed E-state index contributed by atoms with van der Waals surface area (Å²) in [6, 6.07) is 37.3. The van der Waals surface area contributed by atoms with E-state index in [1.165, 1.54) is 22.1 Å². The van der Waals surface area contributed by atoms with Crippen molar-refractivity contribution in [2.24, 2.45) is 0 Å². The summed E-state index contributed by atoms with van der Waals surface area (Å²) in [5.41, 5.74) is 5.19. The number of aromatic nitrogens is 5. The zero-order chi connectivity index (χ0) is 44.5. The van der Waals surface area contributed by atoms with Gasteiger partial charge in [0.05, 0.1) is 14.2 Å². The standard InChI is InChI=1S/C12H11NO.C7H9NO.C6H6BrNO.C6H5I.2C6H7NO.C4H11N/c1-10-7-8-12(14)13(9-10)11-5-3-2-4-6-11;1-6-3-4-7(9-2)8-5-6;1-9-6-3-2-5(7)4-8-6;7-6-4-2-1-3-5-6;2*1-5-2-3-6(8)7-4-5;1-3-4-5-2/h2-9H,1H3;3-5H,1-2H3;2-4H,1H3;1-5H;2*2-4H,1H3,(H,7,8);5H,3-4H2,1-2H3. The number of benzene rings is 2. The molecule has 0 aliphatic rings. The van der Waals surface area contributed by atoms with Crippen LogP contribution in [0.25, 0.3) is 5.69 Å². The SMILES string of the molecule is CCCNC.COc1ccc(Br)cn1.COc1ccc(C)cn1.Cc1ccc(=O)[nH]c1.Cc1ccc(=O)[nH]c1.Cc1ccc(=O)n(-c2ccccc2)c1.Ic1ccccc1. The number of nitrogens with one attached hydrogen (secondary N) is 3. The number of pyridine rings is 5. The third-order valence-corrected chi connectivity index (χ3v) is 8.40.